The Balaban J connectivity index is 0.000000711. The number of carboxylic acids is 1. The van der Waals surface area contributed by atoms with E-state index in [1.54, 1.807) is 6.92 Å². The van der Waals surface area contributed by atoms with Gasteiger partial charge in [-0.05, 0) is 30.4 Å². The number of aliphatic hydroxyl groups is 2. The maximum absolute atomic E-state index is 10.8. The number of hydrogen-bond acceptors (Lipinski definition) is 3. The zero-order valence-electron chi connectivity index (χ0n) is 11.8. The molecule has 0 aromatic heterocycles. The van der Waals surface area contributed by atoms with Crippen LogP contribution in [0, 0.1) is 5.92 Å². The zero-order valence-corrected chi connectivity index (χ0v) is 11.8. The Labute approximate surface area is 114 Å². The van der Waals surface area contributed by atoms with Gasteiger partial charge in [0.15, 0.2) is 0 Å². The molecule has 4 nitrogen and oxygen atoms in total. The van der Waals surface area contributed by atoms with Gasteiger partial charge in [0.2, 0.25) is 0 Å². The van der Waals surface area contributed by atoms with Gasteiger partial charge in [0, 0.05) is 0 Å². The monoisotopic (exact) mass is 268 g/mol. The van der Waals surface area contributed by atoms with Crippen molar-refractivity contribution in [3.05, 3.63) is 35.4 Å². The number of aliphatic carboxylic acids is 1. The van der Waals surface area contributed by atoms with Crippen LogP contribution < -0.4 is 0 Å². The van der Waals surface area contributed by atoms with E-state index in [4.69, 9.17) is 15.3 Å². The summed E-state index contributed by atoms with van der Waals surface area (Å²) >= 11 is 0. The van der Waals surface area contributed by atoms with E-state index in [0.717, 1.165) is 12.0 Å². The van der Waals surface area contributed by atoms with Crippen molar-refractivity contribution >= 4 is 5.97 Å². The lowest BCUT2D eigenvalue weighted by molar-refractivity contribution is -0.138. The molecule has 4 heteroatoms. The largest absolute Gasteiger partial charge is 0.481 e. The Morgan fingerprint density at radius 3 is 1.84 bits per heavy atom. The fourth-order valence-electron chi connectivity index (χ4n) is 1.56. The van der Waals surface area contributed by atoms with Gasteiger partial charge < -0.3 is 15.3 Å². The smallest absolute Gasteiger partial charge is 0.310 e. The summed E-state index contributed by atoms with van der Waals surface area (Å²) < 4.78 is 0. The number of rotatable bonds is 5. The predicted molar refractivity (Wildman–Crippen MR) is 75.2 cm³/mol. The van der Waals surface area contributed by atoms with E-state index >= 15 is 0 Å². The molecule has 0 saturated carbocycles. The lowest BCUT2D eigenvalue weighted by Gasteiger charge is -2.09. The number of aliphatic hydroxyl groups excluding tert-OH is 2. The molecule has 1 atom stereocenters. The van der Waals surface area contributed by atoms with Crippen LogP contribution in [-0.2, 0) is 11.2 Å². The molecule has 1 aromatic carbocycles. The Hall–Kier alpha value is -1.39. The second-order valence-electron chi connectivity index (χ2n) is 4.85. The van der Waals surface area contributed by atoms with Crippen molar-refractivity contribution in [2.75, 3.05) is 13.2 Å². The maximum Gasteiger partial charge on any atom is 0.310 e. The van der Waals surface area contributed by atoms with E-state index < -0.39 is 11.9 Å². The van der Waals surface area contributed by atoms with E-state index in [1.807, 2.05) is 24.3 Å². The summed E-state index contributed by atoms with van der Waals surface area (Å²) in [6.07, 6.45) is 1.04. The van der Waals surface area contributed by atoms with Gasteiger partial charge in [-0.25, -0.2) is 0 Å². The molecule has 0 fully saturated rings. The van der Waals surface area contributed by atoms with Gasteiger partial charge in [-0.3, -0.25) is 4.79 Å². The van der Waals surface area contributed by atoms with E-state index in [1.165, 1.54) is 5.56 Å². The first kappa shape index (κ1) is 17.6. The summed E-state index contributed by atoms with van der Waals surface area (Å²) in [6, 6.07) is 7.87. The van der Waals surface area contributed by atoms with Crippen LogP contribution in [0.4, 0.5) is 0 Å². The summed E-state index contributed by atoms with van der Waals surface area (Å²) in [6.45, 7) is 5.81. The first-order valence-electron chi connectivity index (χ1n) is 6.45. The third-order valence-corrected chi connectivity index (χ3v) is 2.59. The molecule has 0 amide bonds. The highest BCUT2D eigenvalue weighted by molar-refractivity contribution is 5.75. The summed E-state index contributed by atoms with van der Waals surface area (Å²) in [5, 5.41) is 24.1. The molecule has 0 aliphatic carbocycles. The predicted octanol–water partition coefficient (Wildman–Crippen LogP) is 2.04. The number of carboxylic acid groups (broad SMARTS) is 1. The molecule has 0 radical (unpaired) electrons. The van der Waals surface area contributed by atoms with E-state index in [2.05, 4.69) is 13.8 Å². The fraction of sp³-hybridized carbons (Fsp3) is 0.533. The van der Waals surface area contributed by atoms with E-state index in [9.17, 15) is 4.79 Å². The molecule has 1 rings (SSSR count). The van der Waals surface area contributed by atoms with Crippen LogP contribution in [0.25, 0.3) is 0 Å². The molecule has 0 spiro atoms. The maximum atomic E-state index is 10.8. The summed E-state index contributed by atoms with van der Waals surface area (Å²) in [5.74, 6) is -0.558. The quantitative estimate of drug-likeness (QED) is 0.763. The first-order valence-corrected chi connectivity index (χ1v) is 6.45. The van der Waals surface area contributed by atoms with Crippen molar-refractivity contribution in [2.24, 2.45) is 5.92 Å². The lowest BCUT2D eigenvalue weighted by Crippen LogP contribution is -2.07. The van der Waals surface area contributed by atoms with Gasteiger partial charge in [-0.2, -0.15) is 0 Å². The van der Waals surface area contributed by atoms with Crippen LogP contribution in [-0.4, -0.2) is 34.5 Å². The van der Waals surface area contributed by atoms with Crippen molar-refractivity contribution in [1.82, 2.24) is 0 Å². The van der Waals surface area contributed by atoms with Crippen LogP contribution in [0.3, 0.4) is 0 Å². The molecule has 3 N–H and O–H groups in total. The number of carbonyl (C=O) groups is 1. The second kappa shape index (κ2) is 9.53. The standard InChI is InChI=1S/C13H18O2.C2H6O2/c1-9(2)8-11-4-6-12(7-5-11)10(3)13(14)15;3-1-2-4/h4-7,9-10H,8H2,1-3H3,(H,14,15);3-4H,1-2H2. The number of hydrogen-bond donors (Lipinski definition) is 3. The molecule has 0 aliphatic rings. The Bertz CT molecular complexity index is 355. The van der Waals surface area contributed by atoms with Crippen molar-refractivity contribution in [3.63, 3.8) is 0 Å². The molecule has 0 aliphatic heterocycles. The van der Waals surface area contributed by atoms with Crippen LogP contribution >= 0.6 is 0 Å². The van der Waals surface area contributed by atoms with Crippen LogP contribution in [0.2, 0.25) is 0 Å². The SMILES string of the molecule is CC(C)Cc1ccc(C(C)C(=O)O)cc1.OCCO. The minimum absolute atomic E-state index is 0.125. The van der Waals surface area contributed by atoms with Gasteiger partial charge in [0.25, 0.3) is 0 Å². The third kappa shape index (κ3) is 7.59. The highest BCUT2D eigenvalue weighted by Crippen LogP contribution is 2.17. The summed E-state index contributed by atoms with van der Waals surface area (Å²) in [7, 11) is 0. The lowest BCUT2D eigenvalue weighted by atomic mass is 9.97. The highest BCUT2D eigenvalue weighted by atomic mass is 16.4. The highest BCUT2D eigenvalue weighted by Gasteiger charge is 2.12. The van der Waals surface area contributed by atoms with Gasteiger partial charge in [-0.1, -0.05) is 38.1 Å². The first-order chi connectivity index (χ1) is 8.92. The zero-order chi connectivity index (χ0) is 14.8. The summed E-state index contributed by atoms with van der Waals surface area (Å²) in [5.41, 5.74) is 2.14. The van der Waals surface area contributed by atoms with Crippen molar-refractivity contribution < 1.29 is 20.1 Å². The molecule has 19 heavy (non-hydrogen) atoms. The topological polar surface area (TPSA) is 77.8 Å². The average molecular weight is 268 g/mol. The molecule has 108 valence electrons. The Morgan fingerprint density at radius 1 is 1.05 bits per heavy atom. The minimum Gasteiger partial charge on any atom is -0.481 e. The van der Waals surface area contributed by atoms with E-state index in [-0.39, 0.29) is 13.2 Å². The minimum atomic E-state index is -0.772. The Kier molecular flexibility index (Phi) is 8.83. The van der Waals surface area contributed by atoms with Crippen LogP contribution in [0.15, 0.2) is 24.3 Å². The van der Waals surface area contributed by atoms with Crippen LogP contribution in [0.5, 0.6) is 0 Å². The molecular weight excluding hydrogens is 244 g/mol. The molecule has 0 saturated heterocycles. The normalized spacial score (nSPS) is 11.7. The van der Waals surface area contributed by atoms with Crippen molar-refractivity contribution in [2.45, 2.75) is 33.1 Å². The van der Waals surface area contributed by atoms with Gasteiger partial charge >= 0.3 is 5.97 Å². The van der Waals surface area contributed by atoms with E-state index in [0.29, 0.717) is 5.92 Å². The van der Waals surface area contributed by atoms with Gasteiger partial charge in [-0.15, -0.1) is 0 Å². The van der Waals surface area contributed by atoms with Crippen molar-refractivity contribution in [1.29, 1.82) is 0 Å². The molecule has 1 unspecified atom stereocenters. The third-order valence-electron chi connectivity index (χ3n) is 2.59. The molecule has 1 aromatic rings. The molecular formula is C15H24O4. The fourth-order valence-corrected chi connectivity index (χ4v) is 1.56. The van der Waals surface area contributed by atoms with Gasteiger partial charge in [0.05, 0.1) is 19.1 Å². The van der Waals surface area contributed by atoms with Crippen molar-refractivity contribution in [3.8, 4) is 0 Å². The molecule has 0 bridgehead atoms. The van der Waals surface area contributed by atoms with Crippen LogP contribution in [0.1, 0.15) is 37.8 Å². The molecule has 0 heterocycles. The number of benzene rings is 1. The summed E-state index contributed by atoms with van der Waals surface area (Å²) in [4.78, 5) is 10.8. The van der Waals surface area contributed by atoms with Gasteiger partial charge in [0.1, 0.15) is 0 Å². The average Bonchev–Trinajstić information content (AvgIpc) is 2.38. The second-order valence-corrected chi connectivity index (χ2v) is 4.85. The Morgan fingerprint density at radius 2 is 1.53 bits per heavy atom.